The highest BCUT2D eigenvalue weighted by Crippen LogP contribution is 2.22. The third kappa shape index (κ3) is 5.37. The van der Waals surface area contributed by atoms with Crippen LogP contribution in [0.5, 0.6) is 0 Å². The van der Waals surface area contributed by atoms with Crippen molar-refractivity contribution in [3.8, 4) is 0 Å². The van der Waals surface area contributed by atoms with E-state index in [0.717, 1.165) is 4.88 Å². The molecule has 19 heavy (non-hydrogen) atoms. The lowest BCUT2D eigenvalue weighted by Crippen LogP contribution is -2.35. The van der Waals surface area contributed by atoms with Crippen molar-refractivity contribution in [2.24, 2.45) is 0 Å². The van der Waals surface area contributed by atoms with Crippen molar-refractivity contribution in [2.75, 3.05) is 33.3 Å². The van der Waals surface area contributed by atoms with Gasteiger partial charge in [0.25, 0.3) is 0 Å². The molecular weight excluding hydrogens is 310 g/mol. The molecule has 0 aliphatic heterocycles. The fourth-order valence-corrected chi connectivity index (χ4v) is 4.18. The Kier molecular flexibility index (Phi) is 7.27. The number of sulfonamides is 1. The minimum absolute atomic E-state index is 0.176. The van der Waals surface area contributed by atoms with Crippen LogP contribution in [0, 0.1) is 0 Å². The summed E-state index contributed by atoms with van der Waals surface area (Å²) >= 11 is 6.86. The SMILES string of the molecule is COCC(CNS(=O)(=O)c1ccc(CCCl)s1)OC. The number of ether oxygens (including phenoxy) is 2. The van der Waals surface area contributed by atoms with Gasteiger partial charge < -0.3 is 9.47 Å². The maximum atomic E-state index is 12.0. The van der Waals surface area contributed by atoms with Gasteiger partial charge in [-0.2, -0.15) is 0 Å². The Bertz CT molecular complexity index is 475. The zero-order valence-corrected chi connectivity index (χ0v) is 13.3. The standard InChI is InChI=1S/C11H18ClNO4S2/c1-16-8-9(17-2)7-13-19(14,15)11-4-3-10(18-11)5-6-12/h3-4,9,13H,5-8H2,1-2H3. The predicted molar refractivity (Wildman–Crippen MR) is 76.6 cm³/mol. The quantitative estimate of drug-likeness (QED) is 0.698. The van der Waals surface area contributed by atoms with Gasteiger partial charge in [-0.15, -0.1) is 22.9 Å². The Labute approximate surface area is 122 Å². The van der Waals surface area contributed by atoms with Gasteiger partial charge in [0.15, 0.2) is 0 Å². The van der Waals surface area contributed by atoms with Crippen molar-refractivity contribution in [1.29, 1.82) is 0 Å². The third-order valence-corrected chi connectivity index (χ3v) is 5.68. The van der Waals surface area contributed by atoms with Gasteiger partial charge in [0, 0.05) is 31.5 Å². The number of rotatable bonds is 9. The molecule has 1 unspecified atom stereocenters. The van der Waals surface area contributed by atoms with Crippen molar-refractivity contribution in [2.45, 2.75) is 16.7 Å². The zero-order valence-electron chi connectivity index (χ0n) is 10.9. The molecule has 0 amide bonds. The second-order valence-corrected chi connectivity index (χ2v) is 7.36. The number of hydrogen-bond acceptors (Lipinski definition) is 5. The topological polar surface area (TPSA) is 64.6 Å². The van der Waals surface area contributed by atoms with Crippen LogP contribution in [0.2, 0.25) is 0 Å². The van der Waals surface area contributed by atoms with Gasteiger partial charge in [0.2, 0.25) is 10.0 Å². The minimum atomic E-state index is -3.49. The molecule has 1 heterocycles. The fourth-order valence-electron chi connectivity index (χ4n) is 1.40. The molecule has 1 aromatic rings. The second-order valence-electron chi connectivity index (χ2n) is 3.82. The highest BCUT2D eigenvalue weighted by atomic mass is 35.5. The maximum absolute atomic E-state index is 12.0. The number of hydrogen-bond donors (Lipinski definition) is 1. The van der Waals surface area contributed by atoms with Crippen molar-refractivity contribution >= 4 is 33.0 Å². The van der Waals surface area contributed by atoms with Gasteiger partial charge in [-0.3, -0.25) is 0 Å². The fraction of sp³-hybridized carbons (Fsp3) is 0.636. The molecule has 1 aromatic heterocycles. The first-order chi connectivity index (χ1) is 9.03. The average Bonchev–Trinajstić information content (AvgIpc) is 2.84. The van der Waals surface area contributed by atoms with Crippen LogP contribution in [0.3, 0.4) is 0 Å². The van der Waals surface area contributed by atoms with Gasteiger partial charge in [-0.1, -0.05) is 0 Å². The minimum Gasteiger partial charge on any atom is -0.382 e. The van der Waals surface area contributed by atoms with Crippen LogP contribution in [0.4, 0.5) is 0 Å². The van der Waals surface area contributed by atoms with Gasteiger partial charge in [0.05, 0.1) is 12.7 Å². The molecule has 5 nitrogen and oxygen atoms in total. The Morgan fingerprint density at radius 3 is 2.74 bits per heavy atom. The van der Waals surface area contributed by atoms with Crippen molar-refractivity contribution in [3.05, 3.63) is 17.0 Å². The van der Waals surface area contributed by atoms with Crippen molar-refractivity contribution < 1.29 is 17.9 Å². The summed E-state index contributed by atoms with van der Waals surface area (Å²) in [6.07, 6.45) is 0.369. The predicted octanol–water partition coefficient (Wildman–Crippen LogP) is 1.47. The van der Waals surface area contributed by atoms with E-state index in [1.807, 2.05) is 0 Å². The molecule has 0 saturated heterocycles. The van der Waals surface area contributed by atoms with Crippen LogP contribution in [0.25, 0.3) is 0 Å². The van der Waals surface area contributed by atoms with E-state index in [9.17, 15) is 8.42 Å². The first-order valence-electron chi connectivity index (χ1n) is 5.69. The molecule has 1 atom stereocenters. The lowest BCUT2D eigenvalue weighted by Gasteiger charge is -2.14. The Morgan fingerprint density at radius 1 is 1.42 bits per heavy atom. The van der Waals surface area contributed by atoms with Crippen LogP contribution in [-0.2, 0) is 25.9 Å². The largest absolute Gasteiger partial charge is 0.382 e. The molecule has 0 fully saturated rings. The molecule has 1 N–H and O–H groups in total. The highest BCUT2D eigenvalue weighted by molar-refractivity contribution is 7.91. The molecule has 1 rings (SSSR count). The van der Waals surface area contributed by atoms with E-state index in [1.165, 1.54) is 25.6 Å². The first-order valence-corrected chi connectivity index (χ1v) is 8.53. The third-order valence-electron chi connectivity index (χ3n) is 2.43. The number of aryl methyl sites for hydroxylation is 1. The molecule has 0 spiro atoms. The van der Waals surface area contributed by atoms with Crippen LogP contribution >= 0.6 is 22.9 Å². The van der Waals surface area contributed by atoms with Crippen LogP contribution in [0.15, 0.2) is 16.3 Å². The molecule has 8 heteroatoms. The van der Waals surface area contributed by atoms with Crippen molar-refractivity contribution in [1.82, 2.24) is 4.72 Å². The van der Waals surface area contributed by atoms with E-state index in [-0.39, 0.29) is 12.6 Å². The average molecular weight is 328 g/mol. The zero-order chi connectivity index (χ0) is 14.3. The van der Waals surface area contributed by atoms with E-state index in [2.05, 4.69) is 4.72 Å². The molecule has 0 radical (unpaired) electrons. The van der Waals surface area contributed by atoms with E-state index in [1.54, 1.807) is 12.1 Å². The molecule has 0 bridgehead atoms. The molecule has 0 aliphatic rings. The van der Waals surface area contributed by atoms with Gasteiger partial charge in [-0.05, 0) is 18.6 Å². The number of halogens is 1. The smallest absolute Gasteiger partial charge is 0.250 e. The Hall–Kier alpha value is -0.180. The number of nitrogens with one attached hydrogen (secondary N) is 1. The van der Waals surface area contributed by atoms with Crippen LogP contribution < -0.4 is 4.72 Å². The van der Waals surface area contributed by atoms with E-state index in [0.29, 0.717) is 23.1 Å². The summed E-state index contributed by atoms with van der Waals surface area (Å²) in [6.45, 7) is 0.510. The number of methoxy groups -OCH3 is 2. The number of alkyl halides is 1. The van der Waals surface area contributed by atoms with Crippen LogP contribution in [0.1, 0.15) is 4.88 Å². The normalized spacial score (nSPS) is 13.6. The highest BCUT2D eigenvalue weighted by Gasteiger charge is 2.18. The Balaban J connectivity index is 2.64. The molecular formula is C11H18ClNO4S2. The Morgan fingerprint density at radius 2 is 2.16 bits per heavy atom. The molecule has 0 aliphatic carbocycles. The molecule has 110 valence electrons. The molecule has 0 saturated carbocycles. The summed E-state index contributed by atoms with van der Waals surface area (Å²) in [4.78, 5) is 0.954. The summed E-state index contributed by atoms with van der Waals surface area (Å²) in [7, 11) is -0.436. The van der Waals surface area contributed by atoms with Gasteiger partial charge in [-0.25, -0.2) is 13.1 Å². The summed E-state index contributed by atoms with van der Waals surface area (Å²) in [6, 6.07) is 3.37. The van der Waals surface area contributed by atoms with E-state index >= 15 is 0 Å². The van der Waals surface area contributed by atoms with Gasteiger partial charge >= 0.3 is 0 Å². The van der Waals surface area contributed by atoms with E-state index < -0.39 is 10.0 Å². The van der Waals surface area contributed by atoms with Crippen LogP contribution in [-0.4, -0.2) is 47.8 Å². The summed E-state index contributed by atoms with van der Waals surface area (Å²) in [5, 5.41) is 0. The maximum Gasteiger partial charge on any atom is 0.250 e. The first kappa shape index (κ1) is 16.9. The monoisotopic (exact) mass is 327 g/mol. The second kappa shape index (κ2) is 8.18. The summed E-state index contributed by atoms with van der Waals surface area (Å²) in [5.41, 5.74) is 0. The summed E-state index contributed by atoms with van der Waals surface area (Å²) in [5.74, 6) is 0.479. The van der Waals surface area contributed by atoms with Crippen molar-refractivity contribution in [3.63, 3.8) is 0 Å². The van der Waals surface area contributed by atoms with Gasteiger partial charge in [0.1, 0.15) is 4.21 Å². The number of thiophene rings is 1. The lowest BCUT2D eigenvalue weighted by atomic mass is 10.4. The molecule has 0 aromatic carbocycles. The summed E-state index contributed by atoms with van der Waals surface area (Å²) < 4.78 is 36.9. The lowest BCUT2D eigenvalue weighted by molar-refractivity contribution is 0.0320. The van der Waals surface area contributed by atoms with E-state index in [4.69, 9.17) is 21.1 Å².